The zero-order valence-electron chi connectivity index (χ0n) is 13.1. The Morgan fingerprint density at radius 2 is 2.04 bits per heavy atom. The van der Waals surface area contributed by atoms with Crippen LogP contribution in [0.4, 0.5) is 10.1 Å². The molecule has 1 aliphatic carbocycles. The maximum atomic E-state index is 13.9. The van der Waals surface area contributed by atoms with Gasteiger partial charge in [-0.3, -0.25) is 0 Å². The smallest absolute Gasteiger partial charge is 0.144 e. The summed E-state index contributed by atoms with van der Waals surface area (Å²) < 4.78 is 20.6. The Balaban J connectivity index is 1.69. The standard InChI is InChI=1S/C19H18BrFN2O/c20-14-9-16(21)15(11-22)18(10-14)23-17-7-4-8-19(17)24-12-13-5-2-1-3-6-13/h1-3,5-6,9-10,17,19,23H,4,7-8,12H2/t17-,19-/m1/s1. The summed E-state index contributed by atoms with van der Waals surface area (Å²) in [5.74, 6) is -0.519. The lowest BCUT2D eigenvalue weighted by atomic mass is 10.1. The van der Waals surface area contributed by atoms with Gasteiger partial charge in [-0.15, -0.1) is 0 Å². The van der Waals surface area contributed by atoms with Crippen molar-refractivity contribution in [3.63, 3.8) is 0 Å². The van der Waals surface area contributed by atoms with E-state index in [0.717, 1.165) is 24.8 Å². The van der Waals surface area contributed by atoms with Crippen molar-refractivity contribution in [2.45, 2.75) is 38.0 Å². The average molecular weight is 389 g/mol. The minimum absolute atomic E-state index is 0.0481. The molecule has 0 aromatic heterocycles. The van der Waals surface area contributed by atoms with Crippen LogP contribution in [-0.2, 0) is 11.3 Å². The van der Waals surface area contributed by atoms with Gasteiger partial charge < -0.3 is 10.1 Å². The van der Waals surface area contributed by atoms with E-state index in [1.165, 1.54) is 6.07 Å². The molecule has 0 bridgehead atoms. The molecule has 3 nitrogen and oxygen atoms in total. The van der Waals surface area contributed by atoms with Crippen LogP contribution >= 0.6 is 15.9 Å². The first-order valence-corrected chi connectivity index (χ1v) is 8.78. The second-order valence-corrected chi connectivity index (χ2v) is 6.85. The highest BCUT2D eigenvalue weighted by molar-refractivity contribution is 9.10. The Hall–Kier alpha value is -1.90. The molecule has 0 saturated heterocycles. The molecule has 0 heterocycles. The minimum atomic E-state index is -0.519. The van der Waals surface area contributed by atoms with E-state index in [1.807, 2.05) is 36.4 Å². The van der Waals surface area contributed by atoms with Crippen LogP contribution in [0.1, 0.15) is 30.4 Å². The van der Waals surface area contributed by atoms with Gasteiger partial charge in [-0.2, -0.15) is 5.26 Å². The lowest BCUT2D eigenvalue weighted by Crippen LogP contribution is -2.31. The first kappa shape index (κ1) is 16.9. The van der Waals surface area contributed by atoms with E-state index in [0.29, 0.717) is 16.8 Å². The van der Waals surface area contributed by atoms with Gasteiger partial charge in [-0.1, -0.05) is 46.3 Å². The number of ether oxygens (including phenoxy) is 1. The maximum absolute atomic E-state index is 13.9. The van der Waals surface area contributed by atoms with E-state index in [9.17, 15) is 9.65 Å². The number of rotatable bonds is 5. The Labute approximate surface area is 149 Å². The van der Waals surface area contributed by atoms with Gasteiger partial charge in [0.2, 0.25) is 0 Å². The number of nitrogens with one attached hydrogen (secondary N) is 1. The number of nitrogens with zero attached hydrogens (tertiary/aromatic N) is 1. The normalized spacial score (nSPS) is 19.9. The molecule has 0 amide bonds. The molecule has 2 atom stereocenters. The van der Waals surface area contributed by atoms with Gasteiger partial charge >= 0.3 is 0 Å². The Bertz CT molecular complexity index is 745. The van der Waals surface area contributed by atoms with Gasteiger partial charge in [-0.25, -0.2) is 4.39 Å². The van der Waals surface area contributed by atoms with Crippen LogP contribution in [0.5, 0.6) is 0 Å². The molecule has 3 rings (SSSR count). The summed E-state index contributed by atoms with van der Waals surface area (Å²) in [6.45, 7) is 0.557. The molecule has 1 aliphatic rings. The summed E-state index contributed by atoms with van der Waals surface area (Å²) in [4.78, 5) is 0. The molecule has 24 heavy (non-hydrogen) atoms. The molecule has 1 saturated carbocycles. The number of halogens is 2. The van der Waals surface area contributed by atoms with E-state index in [1.54, 1.807) is 6.07 Å². The van der Waals surface area contributed by atoms with Gasteiger partial charge in [0.1, 0.15) is 17.4 Å². The number of benzene rings is 2. The van der Waals surface area contributed by atoms with Crippen molar-refractivity contribution in [2.24, 2.45) is 0 Å². The van der Waals surface area contributed by atoms with Gasteiger partial charge in [0.25, 0.3) is 0 Å². The fraction of sp³-hybridized carbons (Fsp3) is 0.316. The maximum Gasteiger partial charge on any atom is 0.144 e. The van der Waals surface area contributed by atoms with Crippen LogP contribution in [0.25, 0.3) is 0 Å². The third-order valence-electron chi connectivity index (χ3n) is 4.27. The first-order valence-electron chi connectivity index (χ1n) is 7.98. The Kier molecular flexibility index (Phi) is 5.49. The van der Waals surface area contributed by atoms with Crippen LogP contribution in [0, 0.1) is 17.1 Å². The van der Waals surface area contributed by atoms with Gasteiger partial charge in [0.05, 0.1) is 24.4 Å². The molecule has 124 valence electrons. The molecular formula is C19H18BrFN2O. The van der Waals surface area contributed by atoms with E-state index < -0.39 is 5.82 Å². The fourth-order valence-corrected chi connectivity index (χ4v) is 3.50. The van der Waals surface area contributed by atoms with Crippen LogP contribution in [-0.4, -0.2) is 12.1 Å². The number of nitriles is 1. The average Bonchev–Trinajstić information content (AvgIpc) is 3.01. The third kappa shape index (κ3) is 3.95. The predicted octanol–water partition coefficient (Wildman–Crippen LogP) is 5.01. The predicted molar refractivity (Wildman–Crippen MR) is 95.1 cm³/mol. The second-order valence-electron chi connectivity index (χ2n) is 5.94. The molecule has 0 unspecified atom stereocenters. The van der Waals surface area contributed by atoms with E-state index in [4.69, 9.17) is 4.74 Å². The van der Waals surface area contributed by atoms with Crippen molar-refractivity contribution < 1.29 is 9.13 Å². The molecule has 1 fully saturated rings. The quantitative estimate of drug-likeness (QED) is 0.782. The summed E-state index contributed by atoms with van der Waals surface area (Å²) in [5, 5.41) is 12.5. The SMILES string of the molecule is N#Cc1c(F)cc(Br)cc1N[C@@H]1CCC[C@H]1OCc1ccccc1. The van der Waals surface area contributed by atoms with Crippen LogP contribution in [0.2, 0.25) is 0 Å². The van der Waals surface area contributed by atoms with Crippen molar-refractivity contribution in [3.8, 4) is 6.07 Å². The lowest BCUT2D eigenvalue weighted by Gasteiger charge is -2.23. The van der Waals surface area contributed by atoms with Gasteiger partial charge in [0.15, 0.2) is 0 Å². The van der Waals surface area contributed by atoms with Crippen LogP contribution < -0.4 is 5.32 Å². The van der Waals surface area contributed by atoms with Crippen molar-refractivity contribution in [2.75, 3.05) is 5.32 Å². The zero-order chi connectivity index (χ0) is 16.9. The minimum Gasteiger partial charge on any atom is -0.379 e. The molecule has 2 aromatic rings. The summed E-state index contributed by atoms with van der Waals surface area (Å²) in [6.07, 6.45) is 3.01. The summed E-state index contributed by atoms with van der Waals surface area (Å²) in [7, 11) is 0. The largest absolute Gasteiger partial charge is 0.379 e. The molecule has 0 radical (unpaired) electrons. The van der Waals surface area contributed by atoms with Crippen molar-refractivity contribution in [3.05, 3.63) is 63.9 Å². The summed E-state index contributed by atoms with van der Waals surface area (Å²) >= 11 is 3.28. The first-order chi connectivity index (χ1) is 11.7. The second kappa shape index (κ2) is 7.78. The van der Waals surface area contributed by atoms with Gasteiger partial charge in [-0.05, 0) is 37.0 Å². The molecule has 5 heteroatoms. The highest BCUT2D eigenvalue weighted by Gasteiger charge is 2.29. The monoisotopic (exact) mass is 388 g/mol. The molecule has 0 aliphatic heterocycles. The summed E-state index contributed by atoms with van der Waals surface area (Å²) in [6, 6.07) is 15.1. The van der Waals surface area contributed by atoms with Crippen molar-refractivity contribution >= 4 is 21.6 Å². The van der Waals surface area contributed by atoms with Crippen LogP contribution in [0.3, 0.4) is 0 Å². The fourth-order valence-electron chi connectivity index (χ4n) is 3.07. The van der Waals surface area contributed by atoms with Crippen molar-refractivity contribution in [1.82, 2.24) is 0 Å². The van der Waals surface area contributed by atoms with Crippen molar-refractivity contribution in [1.29, 1.82) is 5.26 Å². The molecular weight excluding hydrogens is 371 g/mol. The number of hydrogen-bond acceptors (Lipinski definition) is 3. The van der Waals surface area contributed by atoms with E-state index in [-0.39, 0.29) is 17.7 Å². The summed E-state index contributed by atoms with van der Waals surface area (Å²) in [5.41, 5.74) is 1.70. The Morgan fingerprint density at radius 1 is 1.25 bits per heavy atom. The Morgan fingerprint density at radius 3 is 2.79 bits per heavy atom. The van der Waals surface area contributed by atoms with Gasteiger partial charge in [0, 0.05) is 4.47 Å². The molecule has 2 aromatic carbocycles. The number of hydrogen-bond donors (Lipinski definition) is 1. The van der Waals surface area contributed by atoms with E-state index in [2.05, 4.69) is 21.2 Å². The lowest BCUT2D eigenvalue weighted by molar-refractivity contribution is 0.0394. The van der Waals surface area contributed by atoms with Crippen LogP contribution in [0.15, 0.2) is 46.9 Å². The van der Waals surface area contributed by atoms with E-state index >= 15 is 0 Å². The third-order valence-corrected chi connectivity index (χ3v) is 4.72. The molecule has 0 spiro atoms. The highest BCUT2D eigenvalue weighted by Crippen LogP contribution is 2.30. The zero-order valence-corrected chi connectivity index (χ0v) is 14.7. The molecule has 1 N–H and O–H groups in total. The topological polar surface area (TPSA) is 45.0 Å². The highest BCUT2D eigenvalue weighted by atomic mass is 79.9. The number of anilines is 1.